The summed E-state index contributed by atoms with van der Waals surface area (Å²) in [5, 5.41) is 11.6. The lowest BCUT2D eigenvalue weighted by atomic mass is 9.90. The summed E-state index contributed by atoms with van der Waals surface area (Å²) in [6.45, 7) is 4.24. The fraction of sp³-hybridized carbons (Fsp3) is 0.150. The summed E-state index contributed by atoms with van der Waals surface area (Å²) >= 11 is 0. The highest BCUT2D eigenvalue weighted by Gasteiger charge is 2.16. The van der Waals surface area contributed by atoms with Crippen molar-refractivity contribution < 1.29 is 9.90 Å². The van der Waals surface area contributed by atoms with Crippen LogP contribution in [0.1, 0.15) is 27.0 Å². The van der Waals surface area contributed by atoms with Crippen LogP contribution in [0, 0.1) is 13.8 Å². The highest BCUT2D eigenvalue weighted by Crippen LogP contribution is 2.34. The molecular formula is C20H19NO2. The summed E-state index contributed by atoms with van der Waals surface area (Å²) < 4.78 is 0. The van der Waals surface area contributed by atoms with Gasteiger partial charge in [0.25, 0.3) is 0 Å². The molecule has 0 saturated carbocycles. The van der Waals surface area contributed by atoms with Crippen LogP contribution in [0.25, 0.3) is 21.9 Å². The molecule has 3 rings (SSSR count). The van der Waals surface area contributed by atoms with E-state index in [-0.39, 0.29) is 0 Å². The molecule has 0 unspecified atom stereocenters. The fourth-order valence-corrected chi connectivity index (χ4v) is 3.23. The lowest BCUT2D eigenvalue weighted by Gasteiger charge is -2.14. The Kier molecular flexibility index (Phi) is 3.89. The van der Waals surface area contributed by atoms with E-state index in [0.717, 1.165) is 38.6 Å². The minimum absolute atomic E-state index is 0.392. The van der Waals surface area contributed by atoms with Gasteiger partial charge in [-0.25, -0.2) is 4.79 Å². The van der Waals surface area contributed by atoms with Crippen LogP contribution in [0.2, 0.25) is 0 Å². The maximum Gasteiger partial charge on any atom is 0.336 e. The van der Waals surface area contributed by atoms with E-state index in [0.29, 0.717) is 12.1 Å². The van der Waals surface area contributed by atoms with Crippen LogP contribution in [-0.2, 0) is 6.54 Å². The summed E-state index contributed by atoms with van der Waals surface area (Å²) in [5.41, 5.74) is 10.8. The van der Waals surface area contributed by atoms with Crippen molar-refractivity contribution >= 4 is 16.7 Å². The Hall–Kier alpha value is -2.65. The number of rotatable bonds is 3. The molecule has 0 amide bonds. The Morgan fingerprint density at radius 3 is 2.39 bits per heavy atom. The predicted octanol–water partition coefficient (Wildman–Crippen LogP) is 4.28. The second kappa shape index (κ2) is 5.86. The Bertz CT molecular complexity index is 896. The summed E-state index contributed by atoms with van der Waals surface area (Å²) in [6.07, 6.45) is 0. The first-order valence-electron chi connectivity index (χ1n) is 7.58. The zero-order valence-corrected chi connectivity index (χ0v) is 13.3. The van der Waals surface area contributed by atoms with E-state index in [1.165, 1.54) is 0 Å². The quantitative estimate of drug-likeness (QED) is 0.759. The fourth-order valence-electron chi connectivity index (χ4n) is 3.23. The molecule has 0 atom stereocenters. The molecule has 0 aliphatic carbocycles. The van der Waals surface area contributed by atoms with Crippen molar-refractivity contribution in [2.75, 3.05) is 0 Å². The molecule has 3 aromatic rings. The first kappa shape index (κ1) is 15.3. The van der Waals surface area contributed by atoms with E-state index in [1.54, 1.807) is 0 Å². The summed E-state index contributed by atoms with van der Waals surface area (Å²) in [7, 11) is 0. The van der Waals surface area contributed by atoms with Gasteiger partial charge in [0.05, 0.1) is 5.56 Å². The standard InChI is InChI=1S/C20H19NO2/c1-12-10-16-4-3-5-17(15-8-6-14(11-21)7-9-15)19(16)13(2)18(12)20(22)23/h3-10H,11,21H2,1-2H3,(H,22,23). The molecule has 0 aromatic heterocycles. The van der Waals surface area contributed by atoms with Gasteiger partial charge in [-0.3, -0.25) is 0 Å². The van der Waals surface area contributed by atoms with Gasteiger partial charge in [0.15, 0.2) is 0 Å². The van der Waals surface area contributed by atoms with E-state index >= 15 is 0 Å². The summed E-state index contributed by atoms with van der Waals surface area (Å²) in [6, 6.07) is 16.1. The molecule has 0 spiro atoms. The minimum atomic E-state index is -0.879. The first-order chi connectivity index (χ1) is 11.0. The van der Waals surface area contributed by atoms with E-state index in [2.05, 4.69) is 0 Å². The minimum Gasteiger partial charge on any atom is -0.478 e. The molecule has 3 aromatic carbocycles. The van der Waals surface area contributed by atoms with Crippen molar-refractivity contribution in [2.45, 2.75) is 20.4 Å². The molecular weight excluding hydrogens is 286 g/mol. The molecule has 3 N–H and O–H groups in total. The topological polar surface area (TPSA) is 63.3 Å². The van der Waals surface area contributed by atoms with Crippen molar-refractivity contribution in [2.24, 2.45) is 5.73 Å². The number of fused-ring (bicyclic) bond motifs is 1. The number of nitrogens with two attached hydrogens (primary N) is 1. The molecule has 0 fully saturated rings. The largest absolute Gasteiger partial charge is 0.478 e. The Labute approximate surface area is 135 Å². The van der Waals surface area contributed by atoms with Gasteiger partial charge in [0.2, 0.25) is 0 Å². The molecule has 0 radical (unpaired) electrons. The highest BCUT2D eigenvalue weighted by molar-refractivity contribution is 6.05. The third-order valence-electron chi connectivity index (χ3n) is 4.33. The Morgan fingerprint density at radius 2 is 1.78 bits per heavy atom. The van der Waals surface area contributed by atoms with Gasteiger partial charge in [0.1, 0.15) is 0 Å². The van der Waals surface area contributed by atoms with Crippen molar-refractivity contribution in [1.82, 2.24) is 0 Å². The normalized spacial score (nSPS) is 10.9. The molecule has 23 heavy (non-hydrogen) atoms. The Morgan fingerprint density at radius 1 is 1.09 bits per heavy atom. The van der Waals surface area contributed by atoms with Gasteiger partial charge < -0.3 is 10.8 Å². The Balaban J connectivity index is 2.32. The smallest absolute Gasteiger partial charge is 0.336 e. The van der Waals surface area contributed by atoms with Crippen LogP contribution >= 0.6 is 0 Å². The van der Waals surface area contributed by atoms with Crippen LogP contribution in [0.15, 0.2) is 48.5 Å². The zero-order chi connectivity index (χ0) is 16.6. The highest BCUT2D eigenvalue weighted by atomic mass is 16.4. The average Bonchev–Trinajstić information content (AvgIpc) is 2.54. The van der Waals surface area contributed by atoms with Crippen molar-refractivity contribution in [1.29, 1.82) is 0 Å². The van der Waals surface area contributed by atoms with Gasteiger partial charge >= 0.3 is 5.97 Å². The molecule has 0 bridgehead atoms. The van der Waals surface area contributed by atoms with Gasteiger partial charge in [-0.1, -0.05) is 48.5 Å². The van der Waals surface area contributed by atoms with Crippen LogP contribution < -0.4 is 5.73 Å². The van der Waals surface area contributed by atoms with Gasteiger partial charge in [-0.2, -0.15) is 0 Å². The molecule has 3 nitrogen and oxygen atoms in total. The second-order valence-corrected chi connectivity index (χ2v) is 5.80. The number of aromatic carboxylic acids is 1. The zero-order valence-electron chi connectivity index (χ0n) is 13.3. The number of hydrogen-bond acceptors (Lipinski definition) is 2. The maximum atomic E-state index is 11.6. The van der Waals surface area contributed by atoms with Crippen LogP contribution in [0.5, 0.6) is 0 Å². The number of carboxylic acids is 1. The molecule has 0 saturated heterocycles. The first-order valence-corrected chi connectivity index (χ1v) is 7.58. The van der Waals surface area contributed by atoms with Crippen molar-refractivity contribution in [3.05, 3.63) is 70.8 Å². The second-order valence-electron chi connectivity index (χ2n) is 5.80. The molecule has 3 heteroatoms. The van der Waals surface area contributed by atoms with E-state index in [4.69, 9.17) is 5.73 Å². The molecule has 0 heterocycles. The number of hydrogen-bond donors (Lipinski definition) is 2. The third-order valence-corrected chi connectivity index (χ3v) is 4.33. The van der Waals surface area contributed by atoms with Gasteiger partial charge in [-0.05, 0) is 52.4 Å². The predicted molar refractivity (Wildman–Crippen MR) is 93.7 cm³/mol. The van der Waals surface area contributed by atoms with Crippen LogP contribution in [0.3, 0.4) is 0 Å². The molecule has 0 aliphatic rings. The van der Waals surface area contributed by atoms with E-state index in [1.807, 2.05) is 62.4 Å². The number of carbonyl (C=O) groups is 1. The van der Waals surface area contributed by atoms with Gasteiger partial charge in [0, 0.05) is 6.54 Å². The van der Waals surface area contributed by atoms with E-state index in [9.17, 15) is 9.90 Å². The summed E-state index contributed by atoms with van der Waals surface area (Å²) in [4.78, 5) is 11.6. The third kappa shape index (κ3) is 2.60. The van der Waals surface area contributed by atoms with E-state index < -0.39 is 5.97 Å². The number of carboxylic acid groups (broad SMARTS) is 1. The van der Waals surface area contributed by atoms with Crippen LogP contribution in [0.4, 0.5) is 0 Å². The average molecular weight is 305 g/mol. The number of aryl methyl sites for hydroxylation is 2. The molecule has 0 aliphatic heterocycles. The SMILES string of the molecule is Cc1cc2cccc(-c3ccc(CN)cc3)c2c(C)c1C(=O)O. The maximum absolute atomic E-state index is 11.6. The van der Waals surface area contributed by atoms with Crippen molar-refractivity contribution in [3.63, 3.8) is 0 Å². The lowest BCUT2D eigenvalue weighted by molar-refractivity contribution is 0.0695. The molecule has 116 valence electrons. The lowest BCUT2D eigenvalue weighted by Crippen LogP contribution is -2.04. The van der Waals surface area contributed by atoms with Crippen molar-refractivity contribution in [3.8, 4) is 11.1 Å². The van der Waals surface area contributed by atoms with Gasteiger partial charge in [-0.15, -0.1) is 0 Å². The summed E-state index contributed by atoms with van der Waals surface area (Å²) in [5.74, 6) is -0.879. The monoisotopic (exact) mass is 305 g/mol. The number of benzene rings is 3. The van der Waals surface area contributed by atoms with Crippen LogP contribution in [-0.4, -0.2) is 11.1 Å².